The van der Waals surface area contributed by atoms with E-state index in [1.807, 2.05) is 0 Å². The number of hydrogen-bond acceptors (Lipinski definition) is 5. The van der Waals surface area contributed by atoms with Gasteiger partial charge in [-0.25, -0.2) is 4.98 Å². The molecule has 82 valence electrons. The van der Waals surface area contributed by atoms with Crippen LogP contribution in [0.25, 0.3) is 0 Å². The van der Waals surface area contributed by atoms with Gasteiger partial charge >= 0.3 is 0 Å². The summed E-state index contributed by atoms with van der Waals surface area (Å²) < 4.78 is 0.668. The third-order valence-corrected chi connectivity index (χ3v) is 3.17. The first-order valence-corrected chi connectivity index (χ1v) is 5.75. The van der Waals surface area contributed by atoms with Crippen molar-refractivity contribution in [1.29, 1.82) is 0 Å². The minimum Gasteiger partial charge on any atom is -0.258 e. The van der Waals surface area contributed by atoms with E-state index in [1.54, 1.807) is 12.1 Å². The van der Waals surface area contributed by atoms with Gasteiger partial charge in [0.2, 0.25) is 0 Å². The molecule has 0 atom stereocenters. The summed E-state index contributed by atoms with van der Waals surface area (Å²) in [4.78, 5) is 14.8. The van der Waals surface area contributed by atoms with Crippen molar-refractivity contribution < 1.29 is 4.92 Å². The van der Waals surface area contributed by atoms with E-state index in [9.17, 15) is 10.1 Å². The van der Waals surface area contributed by atoms with Gasteiger partial charge in [0.25, 0.3) is 5.69 Å². The Balaban J connectivity index is 2.36. The second-order valence-corrected chi connectivity index (χ2v) is 4.71. The van der Waals surface area contributed by atoms with Gasteiger partial charge in [0.15, 0.2) is 5.16 Å². The number of nitrogens with one attached hydrogen (secondary N) is 1. The van der Waals surface area contributed by atoms with Crippen LogP contribution in [-0.2, 0) is 0 Å². The lowest BCUT2D eigenvalue weighted by Crippen LogP contribution is -1.91. The molecule has 0 aliphatic heterocycles. The average molecular weight is 301 g/mol. The SMILES string of the molecule is O=[N+]([O-])c1cc(Br)ccc1Sc1ncn[nH]1. The first-order valence-electron chi connectivity index (χ1n) is 4.14. The lowest BCUT2D eigenvalue weighted by Gasteiger charge is -2.00. The minimum atomic E-state index is -0.427. The highest BCUT2D eigenvalue weighted by molar-refractivity contribution is 9.10. The van der Waals surface area contributed by atoms with Crippen LogP contribution >= 0.6 is 27.7 Å². The van der Waals surface area contributed by atoms with Crippen LogP contribution in [0.3, 0.4) is 0 Å². The highest BCUT2D eigenvalue weighted by atomic mass is 79.9. The van der Waals surface area contributed by atoms with Gasteiger partial charge in [-0.3, -0.25) is 15.2 Å². The largest absolute Gasteiger partial charge is 0.284 e. The van der Waals surface area contributed by atoms with E-state index < -0.39 is 4.92 Å². The summed E-state index contributed by atoms with van der Waals surface area (Å²) in [5, 5.41) is 17.7. The van der Waals surface area contributed by atoms with E-state index in [4.69, 9.17) is 0 Å². The first kappa shape index (κ1) is 11.1. The Labute approximate surface area is 103 Å². The van der Waals surface area contributed by atoms with Crippen molar-refractivity contribution in [3.05, 3.63) is 39.1 Å². The summed E-state index contributed by atoms with van der Waals surface area (Å²) in [6.07, 6.45) is 1.35. The van der Waals surface area contributed by atoms with Crippen molar-refractivity contribution >= 4 is 33.4 Å². The number of benzene rings is 1. The molecule has 16 heavy (non-hydrogen) atoms. The molecule has 0 bridgehead atoms. The van der Waals surface area contributed by atoms with Crippen LogP contribution in [-0.4, -0.2) is 20.1 Å². The predicted octanol–water partition coefficient (Wildman–Crippen LogP) is 2.63. The van der Waals surface area contributed by atoms with Crippen molar-refractivity contribution in [2.75, 3.05) is 0 Å². The second kappa shape index (κ2) is 4.62. The maximum atomic E-state index is 10.8. The van der Waals surface area contributed by atoms with Crippen molar-refractivity contribution in [2.24, 2.45) is 0 Å². The lowest BCUT2D eigenvalue weighted by atomic mass is 10.3. The monoisotopic (exact) mass is 300 g/mol. The summed E-state index contributed by atoms with van der Waals surface area (Å²) in [5.41, 5.74) is 0.0378. The van der Waals surface area contributed by atoms with Gasteiger partial charge < -0.3 is 0 Å². The standard InChI is InChI=1S/C8H5BrN4O2S/c9-5-1-2-7(6(3-5)13(14)15)16-8-10-4-11-12-8/h1-4H,(H,10,11,12). The van der Waals surface area contributed by atoms with E-state index in [-0.39, 0.29) is 5.69 Å². The van der Waals surface area contributed by atoms with Gasteiger partial charge in [-0.1, -0.05) is 15.9 Å². The number of halogens is 1. The molecule has 0 unspecified atom stereocenters. The second-order valence-electron chi connectivity index (χ2n) is 2.76. The molecule has 2 aromatic rings. The topological polar surface area (TPSA) is 84.7 Å². The Morgan fingerprint density at radius 1 is 1.50 bits per heavy atom. The molecule has 8 heteroatoms. The van der Waals surface area contributed by atoms with Crippen LogP contribution in [0.2, 0.25) is 0 Å². The molecule has 0 spiro atoms. The van der Waals surface area contributed by atoms with E-state index in [2.05, 4.69) is 31.1 Å². The Hall–Kier alpha value is -1.41. The zero-order valence-electron chi connectivity index (χ0n) is 7.75. The number of H-pyrrole nitrogens is 1. The number of nitro groups is 1. The van der Waals surface area contributed by atoms with E-state index in [1.165, 1.54) is 24.2 Å². The lowest BCUT2D eigenvalue weighted by molar-refractivity contribution is -0.387. The van der Waals surface area contributed by atoms with Gasteiger partial charge in [-0.2, -0.15) is 5.10 Å². The van der Waals surface area contributed by atoms with E-state index >= 15 is 0 Å². The molecule has 0 saturated heterocycles. The maximum absolute atomic E-state index is 10.8. The highest BCUT2D eigenvalue weighted by Gasteiger charge is 2.16. The molecule has 0 amide bonds. The molecule has 1 aromatic carbocycles. The van der Waals surface area contributed by atoms with Gasteiger partial charge in [-0.05, 0) is 23.9 Å². The van der Waals surface area contributed by atoms with Crippen LogP contribution in [0.15, 0.2) is 39.1 Å². The zero-order chi connectivity index (χ0) is 11.5. The number of nitro benzene ring substituents is 1. The Morgan fingerprint density at radius 3 is 2.94 bits per heavy atom. The first-order chi connectivity index (χ1) is 7.66. The highest BCUT2D eigenvalue weighted by Crippen LogP contribution is 2.34. The predicted molar refractivity (Wildman–Crippen MR) is 61.3 cm³/mol. The molecule has 0 fully saturated rings. The Kier molecular flexibility index (Phi) is 3.20. The molecule has 0 saturated carbocycles. The number of rotatable bonds is 3. The minimum absolute atomic E-state index is 0.0378. The average Bonchev–Trinajstić information content (AvgIpc) is 2.73. The van der Waals surface area contributed by atoms with Crippen molar-refractivity contribution in [1.82, 2.24) is 15.2 Å². The molecule has 1 heterocycles. The Bertz CT molecular complexity index is 517. The number of aromatic nitrogens is 3. The molecule has 1 N–H and O–H groups in total. The molecule has 0 aliphatic rings. The van der Waals surface area contributed by atoms with E-state index in [0.29, 0.717) is 14.5 Å². The number of nitrogens with zero attached hydrogens (tertiary/aromatic N) is 3. The van der Waals surface area contributed by atoms with Crippen molar-refractivity contribution in [3.8, 4) is 0 Å². The van der Waals surface area contributed by atoms with Crippen LogP contribution in [0.4, 0.5) is 5.69 Å². The fourth-order valence-corrected chi connectivity index (χ4v) is 2.20. The Morgan fingerprint density at radius 2 is 2.31 bits per heavy atom. The molecule has 2 rings (SSSR count). The summed E-state index contributed by atoms with van der Waals surface area (Å²) >= 11 is 4.36. The quantitative estimate of drug-likeness (QED) is 0.696. The van der Waals surface area contributed by atoms with Gasteiger partial charge in [0.1, 0.15) is 6.33 Å². The number of aromatic amines is 1. The number of hydrogen-bond donors (Lipinski definition) is 1. The smallest absolute Gasteiger partial charge is 0.258 e. The molecular formula is C8H5BrN4O2S. The van der Waals surface area contributed by atoms with Crippen molar-refractivity contribution in [2.45, 2.75) is 10.1 Å². The fraction of sp³-hybridized carbons (Fsp3) is 0. The molecular weight excluding hydrogens is 296 g/mol. The van der Waals surface area contributed by atoms with Gasteiger partial charge in [0.05, 0.1) is 9.82 Å². The summed E-state index contributed by atoms with van der Waals surface area (Å²) in [6, 6.07) is 4.86. The van der Waals surface area contributed by atoms with Gasteiger partial charge in [-0.15, -0.1) is 0 Å². The summed E-state index contributed by atoms with van der Waals surface area (Å²) in [7, 11) is 0. The fourth-order valence-electron chi connectivity index (χ4n) is 1.07. The van der Waals surface area contributed by atoms with Gasteiger partial charge in [0, 0.05) is 10.5 Å². The molecule has 6 nitrogen and oxygen atoms in total. The van der Waals surface area contributed by atoms with Crippen molar-refractivity contribution in [3.63, 3.8) is 0 Å². The van der Waals surface area contributed by atoms with Crippen LogP contribution < -0.4 is 0 Å². The van der Waals surface area contributed by atoms with Crippen LogP contribution in [0.1, 0.15) is 0 Å². The molecule has 1 aromatic heterocycles. The summed E-state index contributed by atoms with van der Waals surface area (Å²) in [6.45, 7) is 0. The third-order valence-electron chi connectivity index (χ3n) is 1.72. The normalized spacial score (nSPS) is 10.3. The summed E-state index contributed by atoms with van der Waals surface area (Å²) in [5.74, 6) is 0. The van der Waals surface area contributed by atoms with E-state index in [0.717, 1.165) is 0 Å². The molecule has 0 aliphatic carbocycles. The third kappa shape index (κ3) is 2.39. The van der Waals surface area contributed by atoms with Crippen LogP contribution in [0.5, 0.6) is 0 Å². The molecule has 0 radical (unpaired) electrons. The van der Waals surface area contributed by atoms with Crippen LogP contribution in [0, 0.1) is 10.1 Å². The maximum Gasteiger partial charge on any atom is 0.284 e. The zero-order valence-corrected chi connectivity index (χ0v) is 10.2.